The maximum absolute atomic E-state index is 8.86. The molecule has 0 aliphatic rings. The number of hydrogen-bond donors (Lipinski definition) is 1. The van der Waals surface area contributed by atoms with Crippen molar-refractivity contribution in [2.75, 3.05) is 0 Å². The number of nitrogens with zero attached hydrogens (tertiary/aromatic N) is 1. The second kappa shape index (κ2) is 3.16. The van der Waals surface area contributed by atoms with Gasteiger partial charge in [-0.1, -0.05) is 18.2 Å². The molecule has 0 bridgehead atoms. The lowest BCUT2D eigenvalue weighted by Gasteiger charge is -1.98. The lowest BCUT2D eigenvalue weighted by molar-refractivity contribution is 1.41. The Kier molecular flexibility index (Phi) is 1.85. The average Bonchev–Trinajstić information content (AvgIpc) is 2.70. The van der Waals surface area contributed by atoms with Gasteiger partial charge < -0.3 is 4.98 Å². The monoisotopic (exact) mass is 168 g/mol. The van der Waals surface area contributed by atoms with Gasteiger partial charge >= 0.3 is 0 Å². The first kappa shape index (κ1) is 7.63. The first-order valence-corrected chi connectivity index (χ1v) is 4.04. The molecule has 1 heterocycles. The van der Waals surface area contributed by atoms with Crippen molar-refractivity contribution in [1.29, 1.82) is 5.26 Å². The second-order valence-corrected chi connectivity index (χ2v) is 2.76. The van der Waals surface area contributed by atoms with Crippen LogP contribution in [-0.2, 0) is 0 Å². The third-order valence-corrected chi connectivity index (χ3v) is 1.96. The Labute approximate surface area is 76.5 Å². The minimum absolute atomic E-state index is 0.710. The lowest BCUT2D eigenvalue weighted by Crippen LogP contribution is -1.80. The molecule has 0 aliphatic heterocycles. The molecule has 13 heavy (non-hydrogen) atoms. The fraction of sp³-hybridized carbons (Fsp3) is 0. The van der Waals surface area contributed by atoms with Crippen LogP contribution in [0.5, 0.6) is 0 Å². The van der Waals surface area contributed by atoms with E-state index in [0.717, 1.165) is 11.1 Å². The number of hydrogen-bond acceptors (Lipinski definition) is 1. The van der Waals surface area contributed by atoms with Crippen molar-refractivity contribution < 1.29 is 0 Å². The summed E-state index contributed by atoms with van der Waals surface area (Å²) in [6, 6.07) is 11.7. The molecular weight excluding hydrogens is 160 g/mol. The molecule has 0 aliphatic carbocycles. The van der Waals surface area contributed by atoms with Crippen LogP contribution in [0.4, 0.5) is 0 Å². The zero-order valence-corrected chi connectivity index (χ0v) is 6.99. The second-order valence-electron chi connectivity index (χ2n) is 2.76. The minimum Gasteiger partial charge on any atom is -0.367 e. The summed E-state index contributed by atoms with van der Waals surface area (Å²) in [5.41, 5.74) is 2.74. The van der Waals surface area contributed by atoms with Gasteiger partial charge in [-0.05, 0) is 12.1 Å². The van der Waals surface area contributed by atoms with E-state index < -0.39 is 0 Å². The Morgan fingerprint density at radius 2 is 2.00 bits per heavy atom. The maximum Gasteiger partial charge on any atom is 0.0998 e. The lowest BCUT2D eigenvalue weighted by atomic mass is 10.0. The van der Waals surface area contributed by atoms with Gasteiger partial charge in [-0.25, -0.2) is 0 Å². The van der Waals surface area contributed by atoms with Gasteiger partial charge in [0, 0.05) is 23.5 Å². The highest BCUT2D eigenvalue weighted by Crippen LogP contribution is 2.21. The molecule has 0 unspecified atom stereocenters. The van der Waals surface area contributed by atoms with Crippen LogP contribution in [-0.4, -0.2) is 4.98 Å². The average molecular weight is 168 g/mol. The van der Waals surface area contributed by atoms with Crippen molar-refractivity contribution >= 4 is 0 Å². The van der Waals surface area contributed by atoms with Gasteiger partial charge in [0.15, 0.2) is 0 Å². The standard InChI is InChI=1S/C11H8N2/c12-7-9-3-1-2-4-11(9)10-5-6-13-8-10/h1-6,8,13H. The quantitative estimate of drug-likeness (QED) is 0.698. The number of nitriles is 1. The van der Waals surface area contributed by atoms with Gasteiger partial charge in [0.05, 0.1) is 11.6 Å². The van der Waals surface area contributed by atoms with E-state index >= 15 is 0 Å². The minimum atomic E-state index is 0.710. The zero-order chi connectivity index (χ0) is 9.10. The highest BCUT2D eigenvalue weighted by atomic mass is 14.6. The summed E-state index contributed by atoms with van der Waals surface area (Å²) < 4.78 is 0. The predicted octanol–water partition coefficient (Wildman–Crippen LogP) is 2.55. The summed E-state index contributed by atoms with van der Waals surface area (Å²) in [5.74, 6) is 0. The van der Waals surface area contributed by atoms with Crippen LogP contribution < -0.4 is 0 Å². The summed E-state index contributed by atoms with van der Waals surface area (Å²) in [4.78, 5) is 2.97. The molecule has 0 fully saturated rings. The molecule has 2 heteroatoms. The fourth-order valence-electron chi connectivity index (χ4n) is 1.32. The van der Waals surface area contributed by atoms with Crippen LogP contribution in [0.25, 0.3) is 11.1 Å². The van der Waals surface area contributed by atoms with Crippen molar-refractivity contribution in [2.24, 2.45) is 0 Å². The van der Waals surface area contributed by atoms with Crippen LogP contribution in [0.15, 0.2) is 42.7 Å². The molecule has 2 rings (SSSR count). The molecule has 0 amide bonds. The van der Waals surface area contributed by atoms with E-state index in [4.69, 9.17) is 5.26 Å². The Morgan fingerprint density at radius 3 is 2.69 bits per heavy atom. The predicted molar refractivity (Wildman–Crippen MR) is 50.9 cm³/mol. The molecule has 1 aromatic heterocycles. The van der Waals surface area contributed by atoms with Crippen molar-refractivity contribution in [3.8, 4) is 17.2 Å². The topological polar surface area (TPSA) is 39.6 Å². The zero-order valence-electron chi connectivity index (χ0n) is 6.99. The van der Waals surface area contributed by atoms with E-state index in [-0.39, 0.29) is 0 Å². The third kappa shape index (κ3) is 1.32. The maximum atomic E-state index is 8.86. The smallest absolute Gasteiger partial charge is 0.0998 e. The fourth-order valence-corrected chi connectivity index (χ4v) is 1.32. The molecule has 0 atom stereocenters. The van der Waals surface area contributed by atoms with Crippen LogP contribution in [0.2, 0.25) is 0 Å². The molecular formula is C11H8N2. The van der Waals surface area contributed by atoms with Crippen molar-refractivity contribution in [3.63, 3.8) is 0 Å². The van der Waals surface area contributed by atoms with Crippen molar-refractivity contribution in [1.82, 2.24) is 4.98 Å². The number of nitrogens with one attached hydrogen (secondary N) is 1. The molecule has 1 N–H and O–H groups in total. The summed E-state index contributed by atoms with van der Waals surface area (Å²) in [6.07, 6.45) is 3.74. The Hall–Kier alpha value is -2.01. The Bertz CT molecular complexity index is 435. The molecule has 2 nitrogen and oxygen atoms in total. The van der Waals surface area contributed by atoms with Crippen molar-refractivity contribution in [3.05, 3.63) is 48.3 Å². The number of aromatic nitrogens is 1. The van der Waals surface area contributed by atoms with Crippen molar-refractivity contribution in [2.45, 2.75) is 0 Å². The van der Waals surface area contributed by atoms with Crippen LogP contribution in [0.1, 0.15) is 5.56 Å². The van der Waals surface area contributed by atoms with E-state index in [9.17, 15) is 0 Å². The molecule has 0 radical (unpaired) electrons. The number of aromatic amines is 1. The first-order valence-electron chi connectivity index (χ1n) is 4.04. The molecule has 0 spiro atoms. The van der Waals surface area contributed by atoms with Gasteiger partial charge in [0.2, 0.25) is 0 Å². The number of H-pyrrole nitrogens is 1. The van der Waals surface area contributed by atoms with Crippen LogP contribution >= 0.6 is 0 Å². The normalized spacial score (nSPS) is 9.46. The first-order chi connectivity index (χ1) is 6.42. The summed E-state index contributed by atoms with van der Waals surface area (Å²) in [6.45, 7) is 0. The molecule has 2 aromatic rings. The van der Waals surface area contributed by atoms with E-state index in [1.807, 2.05) is 42.7 Å². The molecule has 0 saturated heterocycles. The highest BCUT2D eigenvalue weighted by molar-refractivity contribution is 5.69. The van der Waals surface area contributed by atoms with Gasteiger partial charge in [0.25, 0.3) is 0 Å². The van der Waals surface area contributed by atoms with Gasteiger partial charge in [-0.3, -0.25) is 0 Å². The third-order valence-electron chi connectivity index (χ3n) is 1.96. The van der Waals surface area contributed by atoms with E-state index in [1.165, 1.54) is 0 Å². The number of benzene rings is 1. The molecule has 1 aromatic carbocycles. The molecule has 62 valence electrons. The molecule has 0 saturated carbocycles. The van der Waals surface area contributed by atoms with Crippen LogP contribution in [0.3, 0.4) is 0 Å². The highest BCUT2D eigenvalue weighted by Gasteiger charge is 2.02. The van der Waals surface area contributed by atoms with Gasteiger partial charge in [-0.2, -0.15) is 5.26 Å². The van der Waals surface area contributed by atoms with E-state index in [1.54, 1.807) is 0 Å². The Balaban J connectivity index is 2.59. The van der Waals surface area contributed by atoms with E-state index in [2.05, 4.69) is 11.1 Å². The SMILES string of the molecule is N#Cc1ccccc1-c1cc[nH]c1. The van der Waals surface area contributed by atoms with Crippen LogP contribution in [0, 0.1) is 11.3 Å². The summed E-state index contributed by atoms with van der Waals surface area (Å²) >= 11 is 0. The number of rotatable bonds is 1. The van der Waals surface area contributed by atoms with Gasteiger partial charge in [-0.15, -0.1) is 0 Å². The Morgan fingerprint density at radius 1 is 1.15 bits per heavy atom. The largest absolute Gasteiger partial charge is 0.367 e. The van der Waals surface area contributed by atoms with E-state index in [0.29, 0.717) is 5.56 Å². The van der Waals surface area contributed by atoms with Gasteiger partial charge in [0.1, 0.15) is 0 Å². The summed E-state index contributed by atoms with van der Waals surface area (Å²) in [7, 11) is 0. The summed E-state index contributed by atoms with van der Waals surface area (Å²) in [5, 5.41) is 8.86.